The van der Waals surface area contributed by atoms with E-state index in [-0.39, 0.29) is 4.94 Å². The minimum Gasteiger partial charge on any atom is -0.493 e. The minimum absolute atomic E-state index is 0.293. The molecule has 0 atom stereocenters. The van der Waals surface area contributed by atoms with Crippen molar-refractivity contribution < 1.29 is 9.15 Å². The van der Waals surface area contributed by atoms with Gasteiger partial charge in [0.05, 0.1) is 11.8 Å². The third-order valence-corrected chi connectivity index (χ3v) is 3.12. The molecule has 1 aromatic heterocycles. The first-order valence-corrected chi connectivity index (χ1v) is 5.81. The number of hydrogen-bond donors (Lipinski definition) is 1. The van der Waals surface area contributed by atoms with Crippen molar-refractivity contribution in [1.82, 2.24) is 5.32 Å². The lowest BCUT2D eigenvalue weighted by Gasteiger charge is -2.04. The first-order valence-electron chi connectivity index (χ1n) is 4.99. The van der Waals surface area contributed by atoms with Crippen molar-refractivity contribution in [1.29, 1.82) is 0 Å². The van der Waals surface area contributed by atoms with Gasteiger partial charge in [0, 0.05) is 0 Å². The highest BCUT2D eigenvalue weighted by molar-refractivity contribution is 7.16. The van der Waals surface area contributed by atoms with Crippen LogP contribution in [0.3, 0.4) is 0 Å². The Morgan fingerprint density at radius 1 is 1.50 bits per heavy atom. The van der Waals surface area contributed by atoms with Gasteiger partial charge in [-0.1, -0.05) is 11.3 Å². The van der Waals surface area contributed by atoms with Crippen LogP contribution in [-0.4, -0.2) is 20.7 Å². The van der Waals surface area contributed by atoms with E-state index < -0.39 is 0 Å². The van der Waals surface area contributed by atoms with Crippen molar-refractivity contribution >= 4 is 21.6 Å². The Balaban J connectivity index is 2.49. The second kappa shape index (κ2) is 4.67. The van der Waals surface area contributed by atoms with Gasteiger partial charge in [0.2, 0.25) is 0 Å². The van der Waals surface area contributed by atoms with Crippen LogP contribution < -0.4 is 15.0 Å². The molecule has 1 aromatic carbocycles. The van der Waals surface area contributed by atoms with Gasteiger partial charge in [-0.3, -0.25) is 0 Å². The lowest BCUT2D eigenvalue weighted by Crippen LogP contribution is -2.10. The minimum atomic E-state index is -0.293. The number of ether oxygens (including phenoxy) is 1. The maximum atomic E-state index is 11.2. The van der Waals surface area contributed by atoms with Crippen LogP contribution in [-0.2, 0) is 6.42 Å². The number of likely N-dealkylation sites (N-methyl/N-ethyl adjacent to an activating group) is 1. The lowest BCUT2D eigenvalue weighted by atomic mass is 10.1. The fourth-order valence-electron chi connectivity index (χ4n) is 1.57. The van der Waals surface area contributed by atoms with E-state index in [1.165, 1.54) is 0 Å². The molecule has 0 radical (unpaired) electrons. The van der Waals surface area contributed by atoms with Crippen LogP contribution in [0.4, 0.5) is 0 Å². The molecule has 0 unspecified atom stereocenters. The third kappa shape index (κ3) is 2.10. The first-order chi connectivity index (χ1) is 7.74. The Morgan fingerprint density at radius 2 is 2.31 bits per heavy atom. The van der Waals surface area contributed by atoms with Crippen LogP contribution >= 0.6 is 11.3 Å². The summed E-state index contributed by atoms with van der Waals surface area (Å²) >= 11 is 1.11. The van der Waals surface area contributed by atoms with E-state index in [1.54, 1.807) is 7.11 Å². The van der Waals surface area contributed by atoms with Gasteiger partial charge in [-0.25, -0.2) is 4.79 Å². The van der Waals surface area contributed by atoms with E-state index in [0.29, 0.717) is 11.3 Å². The molecule has 0 aliphatic rings. The van der Waals surface area contributed by atoms with Crippen molar-refractivity contribution in [3.63, 3.8) is 0 Å². The Bertz CT molecular complexity index is 544. The molecule has 0 aliphatic carbocycles. The van der Waals surface area contributed by atoms with E-state index in [1.807, 2.05) is 19.2 Å². The highest BCUT2D eigenvalue weighted by Crippen LogP contribution is 2.29. The van der Waals surface area contributed by atoms with Crippen LogP contribution in [0.1, 0.15) is 5.56 Å². The zero-order chi connectivity index (χ0) is 11.5. The van der Waals surface area contributed by atoms with Crippen molar-refractivity contribution in [3.05, 3.63) is 27.4 Å². The monoisotopic (exact) mass is 239 g/mol. The number of rotatable bonds is 4. The summed E-state index contributed by atoms with van der Waals surface area (Å²) in [4.78, 5) is 10.9. The Morgan fingerprint density at radius 3 is 3.00 bits per heavy atom. The fourth-order valence-corrected chi connectivity index (χ4v) is 2.32. The summed E-state index contributed by atoms with van der Waals surface area (Å²) < 4.78 is 11.1. The standard InChI is InChI=1S/C11H13NO3S/c1-12-4-3-7-5-8(14-2)10-9(6-7)16-11(13)15-10/h5-6,12H,3-4H2,1-2H3. The maximum Gasteiger partial charge on any atom is 0.396 e. The van der Waals surface area contributed by atoms with Gasteiger partial charge in [0.15, 0.2) is 11.3 Å². The molecule has 0 saturated heterocycles. The SMILES string of the molecule is CNCCc1cc(OC)c2oc(=O)sc2c1. The van der Waals surface area contributed by atoms with Crippen molar-refractivity contribution in [2.24, 2.45) is 0 Å². The van der Waals surface area contributed by atoms with Crippen molar-refractivity contribution in [3.8, 4) is 5.75 Å². The van der Waals surface area contributed by atoms with Crippen LogP contribution in [0.25, 0.3) is 10.3 Å². The summed E-state index contributed by atoms with van der Waals surface area (Å²) in [5.74, 6) is 0.627. The van der Waals surface area contributed by atoms with E-state index in [2.05, 4.69) is 5.32 Å². The predicted molar refractivity (Wildman–Crippen MR) is 64.5 cm³/mol. The third-order valence-electron chi connectivity index (χ3n) is 2.34. The van der Waals surface area contributed by atoms with Crippen molar-refractivity contribution in [2.45, 2.75) is 6.42 Å². The normalized spacial score (nSPS) is 10.9. The zero-order valence-corrected chi connectivity index (χ0v) is 10.0. The van der Waals surface area contributed by atoms with Gasteiger partial charge in [0.1, 0.15) is 0 Å². The number of hydrogen-bond acceptors (Lipinski definition) is 5. The second-order valence-corrected chi connectivity index (χ2v) is 4.41. The summed E-state index contributed by atoms with van der Waals surface area (Å²) in [5.41, 5.74) is 1.68. The quantitative estimate of drug-likeness (QED) is 0.881. The number of fused-ring (bicyclic) bond motifs is 1. The molecule has 2 aromatic rings. The number of methoxy groups -OCH3 is 1. The molecule has 16 heavy (non-hydrogen) atoms. The molecule has 0 bridgehead atoms. The smallest absolute Gasteiger partial charge is 0.396 e. The summed E-state index contributed by atoms with van der Waals surface area (Å²) in [6.07, 6.45) is 0.898. The molecule has 0 saturated carbocycles. The molecule has 0 spiro atoms. The zero-order valence-electron chi connectivity index (χ0n) is 9.20. The van der Waals surface area contributed by atoms with Crippen molar-refractivity contribution in [2.75, 3.05) is 20.7 Å². The average molecular weight is 239 g/mol. The largest absolute Gasteiger partial charge is 0.493 e. The Kier molecular flexibility index (Phi) is 3.26. The molecule has 86 valence electrons. The molecule has 5 heteroatoms. The van der Waals surface area contributed by atoms with Gasteiger partial charge >= 0.3 is 4.94 Å². The van der Waals surface area contributed by atoms with Gasteiger partial charge in [-0.2, -0.15) is 0 Å². The summed E-state index contributed by atoms with van der Waals surface area (Å²) in [6.45, 7) is 0.890. The summed E-state index contributed by atoms with van der Waals surface area (Å²) in [6, 6.07) is 3.89. The van der Waals surface area contributed by atoms with E-state index in [4.69, 9.17) is 9.15 Å². The molecular formula is C11H13NO3S. The molecule has 0 amide bonds. The Labute approximate surface area is 96.8 Å². The summed E-state index contributed by atoms with van der Waals surface area (Å²) in [5, 5.41) is 3.08. The first kappa shape index (κ1) is 11.2. The predicted octanol–water partition coefficient (Wildman–Crippen LogP) is 1.63. The van der Waals surface area contributed by atoms with Crippen LogP contribution in [0.15, 0.2) is 21.3 Å². The molecular weight excluding hydrogens is 226 g/mol. The van der Waals surface area contributed by atoms with Crippen LogP contribution in [0.5, 0.6) is 5.75 Å². The maximum absolute atomic E-state index is 11.2. The second-order valence-electron chi connectivity index (χ2n) is 3.43. The van der Waals surface area contributed by atoms with E-state index in [9.17, 15) is 4.79 Å². The Hall–Kier alpha value is -1.33. The molecule has 2 rings (SSSR count). The average Bonchev–Trinajstić information content (AvgIpc) is 2.65. The summed E-state index contributed by atoms with van der Waals surface area (Å²) in [7, 11) is 3.49. The molecule has 4 nitrogen and oxygen atoms in total. The highest BCUT2D eigenvalue weighted by Gasteiger charge is 2.10. The lowest BCUT2D eigenvalue weighted by molar-refractivity contribution is 0.408. The van der Waals surface area contributed by atoms with Gasteiger partial charge < -0.3 is 14.5 Å². The molecule has 0 fully saturated rings. The molecule has 0 aliphatic heterocycles. The van der Waals surface area contributed by atoms with Crippen LogP contribution in [0, 0.1) is 0 Å². The van der Waals surface area contributed by atoms with Crippen LogP contribution in [0.2, 0.25) is 0 Å². The fraction of sp³-hybridized carbons (Fsp3) is 0.364. The number of nitrogens with one attached hydrogen (secondary N) is 1. The van der Waals surface area contributed by atoms with Gasteiger partial charge in [0.25, 0.3) is 0 Å². The van der Waals surface area contributed by atoms with Gasteiger partial charge in [-0.15, -0.1) is 0 Å². The topological polar surface area (TPSA) is 51.5 Å². The highest BCUT2D eigenvalue weighted by atomic mass is 32.1. The van der Waals surface area contributed by atoms with Gasteiger partial charge in [-0.05, 0) is 37.7 Å². The number of benzene rings is 1. The molecule has 1 N–H and O–H groups in total. The van der Waals surface area contributed by atoms with E-state index in [0.717, 1.165) is 34.6 Å². The molecule has 1 heterocycles. The van der Waals surface area contributed by atoms with E-state index >= 15 is 0 Å².